The number of rotatable bonds is 3. The molecule has 0 radical (unpaired) electrons. The predicted molar refractivity (Wildman–Crippen MR) is 86.4 cm³/mol. The lowest BCUT2D eigenvalue weighted by Gasteiger charge is -2.07. The second-order valence-electron chi connectivity index (χ2n) is 5.22. The summed E-state index contributed by atoms with van der Waals surface area (Å²) in [5.41, 5.74) is 0.0282. The summed E-state index contributed by atoms with van der Waals surface area (Å²) in [6.07, 6.45) is 0.461. The van der Waals surface area contributed by atoms with Gasteiger partial charge in [0.05, 0.1) is 11.6 Å². The van der Waals surface area contributed by atoms with E-state index in [0.717, 1.165) is 6.20 Å². The molecular weight excluding hydrogens is 378 g/mol. The highest BCUT2D eigenvalue weighted by atomic mass is 35.5. The molecule has 3 heterocycles. The molecule has 0 spiro atoms. The molecule has 0 aliphatic rings. The molecule has 0 aliphatic heterocycles. The Kier molecular flexibility index (Phi) is 4.66. The van der Waals surface area contributed by atoms with E-state index in [1.807, 2.05) is 0 Å². The minimum absolute atomic E-state index is 0.00272. The first kappa shape index (κ1) is 17.6. The van der Waals surface area contributed by atoms with E-state index >= 15 is 0 Å². The van der Waals surface area contributed by atoms with E-state index in [9.17, 15) is 13.2 Å². The number of alkyl halides is 3. The smallest absolute Gasteiger partial charge is 0.323 e. The molecule has 0 unspecified atom stereocenters. The lowest BCUT2D eigenvalue weighted by Crippen LogP contribution is -2.06. The second kappa shape index (κ2) is 6.61. The van der Waals surface area contributed by atoms with Crippen LogP contribution in [0.4, 0.5) is 13.2 Å². The maximum absolute atomic E-state index is 13.1. The Morgan fingerprint density at radius 2 is 1.76 bits per heavy atom. The standard InChI is InChI=1S/C15H10Cl2F3N5/c1-8-2-9(3-23-13(8)17)14-24-11(15(18,19)20)6-25(14)7-12-21-4-10(16)5-22-12/h2-6H,7H2,1H3. The molecule has 0 atom stereocenters. The Balaban J connectivity index is 2.07. The minimum Gasteiger partial charge on any atom is -0.323 e. The van der Waals surface area contributed by atoms with E-state index < -0.39 is 11.9 Å². The fourth-order valence-electron chi connectivity index (χ4n) is 2.16. The number of pyridine rings is 1. The molecule has 0 amide bonds. The highest BCUT2D eigenvalue weighted by Crippen LogP contribution is 2.31. The lowest BCUT2D eigenvalue weighted by atomic mass is 10.2. The van der Waals surface area contributed by atoms with Gasteiger partial charge in [0.1, 0.15) is 16.8 Å². The topological polar surface area (TPSA) is 56.5 Å². The molecule has 0 N–H and O–H groups in total. The van der Waals surface area contributed by atoms with Crippen LogP contribution in [-0.4, -0.2) is 24.5 Å². The molecule has 3 aromatic heterocycles. The van der Waals surface area contributed by atoms with E-state index in [4.69, 9.17) is 23.2 Å². The van der Waals surface area contributed by atoms with Crippen molar-refractivity contribution in [3.8, 4) is 11.4 Å². The number of hydrogen-bond acceptors (Lipinski definition) is 4. The maximum Gasteiger partial charge on any atom is 0.434 e. The molecule has 0 aromatic carbocycles. The molecule has 0 bridgehead atoms. The Bertz CT molecular complexity index is 907. The van der Waals surface area contributed by atoms with Crippen molar-refractivity contribution in [2.24, 2.45) is 0 Å². The average Bonchev–Trinajstić information content (AvgIpc) is 2.96. The number of aromatic nitrogens is 5. The Morgan fingerprint density at radius 1 is 1.08 bits per heavy atom. The number of aryl methyl sites for hydroxylation is 1. The van der Waals surface area contributed by atoms with Crippen molar-refractivity contribution in [1.29, 1.82) is 0 Å². The minimum atomic E-state index is -4.57. The van der Waals surface area contributed by atoms with Gasteiger partial charge in [0.2, 0.25) is 0 Å². The van der Waals surface area contributed by atoms with Gasteiger partial charge >= 0.3 is 6.18 Å². The van der Waals surface area contributed by atoms with Gasteiger partial charge in [-0.05, 0) is 18.6 Å². The van der Waals surface area contributed by atoms with Crippen LogP contribution in [0.5, 0.6) is 0 Å². The fourth-order valence-corrected chi connectivity index (χ4v) is 2.36. The zero-order chi connectivity index (χ0) is 18.2. The number of nitrogens with zero attached hydrogens (tertiary/aromatic N) is 5. The second-order valence-corrected chi connectivity index (χ2v) is 6.02. The summed E-state index contributed by atoms with van der Waals surface area (Å²) < 4.78 is 40.5. The Hall–Kier alpha value is -2.19. The van der Waals surface area contributed by atoms with Crippen LogP contribution in [-0.2, 0) is 12.7 Å². The Morgan fingerprint density at radius 3 is 2.36 bits per heavy atom. The monoisotopic (exact) mass is 387 g/mol. The molecule has 0 saturated heterocycles. The van der Waals surface area contributed by atoms with Gasteiger partial charge < -0.3 is 4.57 Å². The highest BCUT2D eigenvalue weighted by molar-refractivity contribution is 6.30. The zero-order valence-corrected chi connectivity index (χ0v) is 14.2. The third-order valence-electron chi connectivity index (χ3n) is 3.33. The summed E-state index contributed by atoms with van der Waals surface area (Å²) in [6.45, 7) is 1.70. The third-order valence-corrected chi connectivity index (χ3v) is 3.92. The van der Waals surface area contributed by atoms with Gasteiger partial charge in [-0.1, -0.05) is 23.2 Å². The zero-order valence-electron chi connectivity index (χ0n) is 12.7. The van der Waals surface area contributed by atoms with Gasteiger partial charge in [0, 0.05) is 30.4 Å². The van der Waals surface area contributed by atoms with E-state index in [1.165, 1.54) is 23.2 Å². The van der Waals surface area contributed by atoms with Crippen molar-refractivity contribution in [1.82, 2.24) is 24.5 Å². The quantitative estimate of drug-likeness (QED) is 0.624. The molecule has 0 fully saturated rings. The number of imidazole rings is 1. The van der Waals surface area contributed by atoms with Crippen molar-refractivity contribution in [3.05, 3.63) is 58.1 Å². The van der Waals surface area contributed by atoms with Crippen LogP contribution in [0.3, 0.4) is 0 Å². The summed E-state index contributed by atoms with van der Waals surface area (Å²) in [7, 11) is 0. The molecule has 0 aliphatic carbocycles. The molecule has 3 aromatic rings. The summed E-state index contributed by atoms with van der Waals surface area (Å²) in [4.78, 5) is 15.7. The number of halogens is 5. The van der Waals surface area contributed by atoms with Crippen LogP contribution >= 0.6 is 23.2 Å². The van der Waals surface area contributed by atoms with Crippen molar-refractivity contribution in [2.45, 2.75) is 19.6 Å². The highest BCUT2D eigenvalue weighted by Gasteiger charge is 2.35. The predicted octanol–water partition coefficient (Wildman–Crippen LogP) is 4.42. The van der Waals surface area contributed by atoms with E-state index in [2.05, 4.69) is 19.9 Å². The first-order chi connectivity index (χ1) is 11.7. The molecule has 25 heavy (non-hydrogen) atoms. The lowest BCUT2D eigenvalue weighted by molar-refractivity contribution is -0.140. The van der Waals surface area contributed by atoms with Crippen molar-refractivity contribution < 1.29 is 13.2 Å². The normalized spacial score (nSPS) is 11.8. The SMILES string of the molecule is Cc1cc(-c2nc(C(F)(F)F)cn2Cc2ncc(Cl)cn2)cnc1Cl. The van der Waals surface area contributed by atoms with Gasteiger partial charge in [-0.15, -0.1) is 0 Å². The summed E-state index contributed by atoms with van der Waals surface area (Å²) in [5, 5.41) is 0.613. The van der Waals surface area contributed by atoms with E-state index in [1.54, 1.807) is 13.0 Å². The first-order valence-corrected chi connectivity index (χ1v) is 7.73. The van der Waals surface area contributed by atoms with Gasteiger partial charge in [-0.2, -0.15) is 13.2 Å². The summed E-state index contributed by atoms with van der Waals surface area (Å²) >= 11 is 11.6. The first-order valence-electron chi connectivity index (χ1n) is 6.97. The van der Waals surface area contributed by atoms with Gasteiger partial charge in [0.25, 0.3) is 0 Å². The van der Waals surface area contributed by atoms with Crippen molar-refractivity contribution in [2.75, 3.05) is 0 Å². The molecule has 10 heteroatoms. The average molecular weight is 388 g/mol. The summed E-state index contributed by atoms with van der Waals surface area (Å²) in [6, 6.07) is 1.62. The van der Waals surface area contributed by atoms with Crippen LogP contribution in [0.1, 0.15) is 17.1 Å². The molecular formula is C15H10Cl2F3N5. The van der Waals surface area contributed by atoms with Crippen LogP contribution < -0.4 is 0 Å². The third kappa shape index (κ3) is 3.91. The van der Waals surface area contributed by atoms with Gasteiger partial charge in [-0.25, -0.2) is 19.9 Å². The van der Waals surface area contributed by atoms with Crippen LogP contribution in [0.2, 0.25) is 10.2 Å². The van der Waals surface area contributed by atoms with Crippen molar-refractivity contribution in [3.63, 3.8) is 0 Å². The summed E-state index contributed by atoms with van der Waals surface area (Å²) in [5.74, 6) is 0.397. The van der Waals surface area contributed by atoms with Crippen LogP contribution in [0.15, 0.2) is 30.9 Å². The van der Waals surface area contributed by atoms with E-state index in [0.29, 0.717) is 22.0 Å². The van der Waals surface area contributed by atoms with Gasteiger partial charge in [0.15, 0.2) is 5.69 Å². The van der Waals surface area contributed by atoms with Crippen LogP contribution in [0, 0.1) is 6.92 Å². The number of hydrogen-bond donors (Lipinski definition) is 0. The molecule has 3 rings (SSSR count). The molecule has 130 valence electrons. The maximum atomic E-state index is 13.1. The fraction of sp³-hybridized carbons (Fsp3) is 0.200. The largest absolute Gasteiger partial charge is 0.434 e. The van der Waals surface area contributed by atoms with Gasteiger partial charge in [-0.3, -0.25) is 0 Å². The van der Waals surface area contributed by atoms with E-state index in [-0.39, 0.29) is 17.5 Å². The Labute approximate surface area is 150 Å². The molecule has 0 saturated carbocycles. The van der Waals surface area contributed by atoms with Crippen molar-refractivity contribution >= 4 is 23.2 Å². The molecule has 5 nitrogen and oxygen atoms in total. The van der Waals surface area contributed by atoms with Crippen LogP contribution in [0.25, 0.3) is 11.4 Å².